The molecule has 0 radical (unpaired) electrons. The Labute approximate surface area is 163 Å². The van der Waals surface area contributed by atoms with Crippen LogP contribution >= 0.6 is 0 Å². The summed E-state index contributed by atoms with van der Waals surface area (Å²) >= 11 is 0. The second-order valence-corrected chi connectivity index (χ2v) is 8.74. The molecule has 0 bridgehead atoms. The van der Waals surface area contributed by atoms with Crippen molar-refractivity contribution in [1.29, 1.82) is 0 Å². The third kappa shape index (κ3) is 2.63. The summed E-state index contributed by atoms with van der Waals surface area (Å²) in [6, 6.07) is 20.1. The summed E-state index contributed by atoms with van der Waals surface area (Å²) in [5.74, 6) is 0. The van der Waals surface area contributed by atoms with Gasteiger partial charge in [0.1, 0.15) is 5.25 Å². The smallest absolute Gasteiger partial charge is 0.220 e. The molecule has 3 aromatic carbocycles. The summed E-state index contributed by atoms with van der Waals surface area (Å²) < 4.78 is 25.0. The maximum absolute atomic E-state index is 12.5. The van der Waals surface area contributed by atoms with E-state index in [0.29, 0.717) is 12.0 Å². The molecule has 1 unspecified atom stereocenters. The van der Waals surface area contributed by atoms with Gasteiger partial charge < -0.3 is 0 Å². The molecule has 0 saturated carbocycles. The number of hydrogen-bond donors (Lipinski definition) is 1. The Kier molecular flexibility index (Phi) is 3.82. The van der Waals surface area contributed by atoms with Gasteiger partial charge in [0.25, 0.3) is 0 Å². The van der Waals surface area contributed by atoms with E-state index < -0.39 is 15.3 Å². The fourth-order valence-electron chi connectivity index (χ4n) is 4.29. The monoisotopic (exact) mass is 386 g/mol. The van der Waals surface area contributed by atoms with Crippen LogP contribution in [0.5, 0.6) is 0 Å². The molecule has 0 saturated heterocycles. The summed E-state index contributed by atoms with van der Waals surface area (Å²) in [6.45, 7) is 0. The zero-order valence-corrected chi connectivity index (χ0v) is 15.9. The summed E-state index contributed by atoms with van der Waals surface area (Å²) in [7, 11) is -3.84. The Bertz CT molecular complexity index is 1360. The van der Waals surface area contributed by atoms with Crippen molar-refractivity contribution in [2.24, 2.45) is 5.14 Å². The number of nitrogens with zero attached hydrogens (tertiary/aromatic N) is 1. The maximum Gasteiger partial charge on any atom is 0.220 e. The average Bonchev–Trinajstić information content (AvgIpc) is 3.11. The minimum absolute atomic E-state index is 0.586. The lowest BCUT2D eigenvalue weighted by Crippen LogP contribution is -2.22. The van der Waals surface area contributed by atoms with Crippen LogP contribution in [-0.2, 0) is 16.4 Å². The Morgan fingerprint density at radius 2 is 1.71 bits per heavy atom. The van der Waals surface area contributed by atoms with Crippen molar-refractivity contribution in [2.45, 2.75) is 11.7 Å². The number of hydrogen-bond acceptors (Lipinski definition) is 3. The van der Waals surface area contributed by atoms with Gasteiger partial charge in [-0.25, -0.2) is 13.6 Å². The van der Waals surface area contributed by atoms with Crippen LogP contribution in [0, 0.1) is 0 Å². The van der Waals surface area contributed by atoms with Crippen LogP contribution in [0.4, 0.5) is 0 Å². The molecular weight excluding hydrogens is 368 g/mol. The largest absolute Gasteiger partial charge is 0.264 e. The van der Waals surface area contributed by atoms with E-state index in [4.69, 9.17) is 5.14 Å². The molecular formula is C23H18N2O2S. The number of rotatable bonds is 3. The van der Waals surface area contributed by atoms with E-state index in [2.05, 4.69) is 35.3 Å². The molecule has 4 nitrogen and oxygen atoms in total. The van der Waals surface area contributed by atoms with E-state index >= 15 is 0 Å². The third-order valence-corrected chi connectivity index (χ3v) is 6.66. The van der Waals surface area contributed by atoms with Crippen LogP contribution in [0.1, 0.15) is 21.9 Å². The van der Waals surface area contributed by atoms with E-state index in [-0.39, 0.29) is 0 Å². The predicted octanol–water partition coefficient (Wildman–Crippen LogP) is 4.36. The first-order chi connectivity index (χ1) is 13.5. The molecule has 138 valence electrons. The van der Waals surface area contributed by atoms with Gasteiger partial charge >= 0.3 is 0 Å². The molecule has 5 rings (SSSR count). The van der Waals surface area contributed by atoms with Crippen molar-refractivity contribution in [3.63, 3.8) is 0 Å². The van der Waals surface area contributed by atoms with Crippen LogP contribution in [-0.4, -0.2) is 13.4 Å². The molecule has 1 atom stereocenters. The van der Waals surface area contributed by atoms with E-state index in [1.807, 2.05) is 24.3 Å². The average molecular weight is 386 g/mol. The third-order valence-electron chi connectivity index (χ3n) is 5.47. The zero-order valence-electron chi connectivity index (χ0n) is 15.0. The van der Waals surface area contributed by atoms with E-state index in [1.54, 1.807) is 24.5 Å². The normalized spacial score (nSPS) is 14.8. The lowest BCUT2D eigenvalue weighted by molar-refractivity contribution is 0.593. The van der Waals surface area contributed by atoms with E-state index in [9.17, 15) is 8.42 Å². The van der Waals surface area contributed by atoms with Crippen molar-refractivity contribution in [2.75, 3.05) is 0 Å². The van der Waals surface area contributed by atoms with Gasteiger partial charge in [0.2, 0.25) is 10.0 Å². The fourth-order valence-corrected chi connectivity index (χ4v) is 5.38. The SMILES string of the molecule is NS(=O)(=O)C(C1=CCc2c1ccc1c2ccc2ccccc21)c1cccnc1. The summed E-state index contributed by atoms with van der Waals surface area (Å²) in [4.78, 5) is 4.08. The number of nitrogens with two attached hydrogens (primary N) is 1. The van der Waals surface area contributed by atoms with E-state index in [1.165, 1.54) is 16.2 Å². The number of primary sulfonamides is 1. The van der Waals surface area contributed by atoms with Crippen molar-refractivity contribution < 1.29 is 8.42 Å². The van der Waals surface area contributed by atoms with Gasteiger partial charge in [-0.05, 0) is 56.3 Å². The van der Waals surface area contributed by atoms with Gasteiger partial charge in [-0.1, -0.05) is 60.7 Å². The second kappa shape index (κ2) is 6.26. The first-order valence-electron chi connectivity index (χ1n) is 9.09. The minimum Gasteiger partial charge on any atom is -0.264 e. The number of allylic oxidation sites excluding steroid dienone is 1. The number of fused-ring (bicyclic) bond motifs is 5. The molecule has 0 spiro atoms. The van der Waals surface area contributed by atoms with E-state index in [0.717, 1.165) is 22.1 Å². The first-order valence-corrected chi connectivity index (χ1v) is 10.7. The van der Waals surface area contributed by atoms with Crippen LogP contribution in [0.15, 0.2) is 79.1 Å². The molecule has 1 aliphatic carbocycles. The molecule has 5 heteroatoms. The van der Waals surface area contributed by atoms with Gasteiger partial charge in [0, 0.05) is 12.4 Å². The molecule has 1 heterocycles. The molecule has 1 aliphatic rings. The van der Waals surface area contributed by atoms with Crippen LogP contribution < -0.4 is 5.14 Å². The van der Waals surface area contributed by atoms with Crippen molar-refractivity contribution in [1.82, 2.24) is 4.98 Å². The summed E-state index contributed by atoms with van der Waals surface area (Å²) in [5.41, 5.74) is 3.42. The topological polar surface area (TPSA) is 73.1 Å². The molecule has 0 aliphatic heterocycles. The molecule has 2 N–H and O–H groups in total. The van der Waals surface area contributed by atoms with Gasteiger partial charge in [-0.2, -0.15) is 0 Å². The Hall–Kier alpha value is -3.02. The van der Waals surface area contributed by atoms with Crippen molar-refractivity contribution in [3.8, 4) is 0 Å². The number of sulfonamides is 1. The summed E-state index contributed by atoms with van der Waals surface area (Å²) in [6.07, 6.45) is 5.87. The number of pyridine rings is 1. The molecule has 0 amide bonds. The maximum atomic E-state index is 12.5. The highest BCUT2D eigenvalue weighted by atomic mass is 32.2. The van der Waals surface area contributed by atoms with Crippen LogP contribution in [0.2, 0.25) is 0 Å². The molecule has 0 fully saturated rings. The van der Waals surface area contributed by atoms with Crippen molar-refractivity contribution >= 4 is 37.1 Å². The quantitative estimate of drug-likeness (QED) is 0.532. The Balaban J connectivity index is 1.72. The van der Waals surface area contributed by atoms with Gasteiger partial charge in [-0.3, -0.25) is 4.98 Å². The minimum atomic E-state index is -3.84. The Morgan fingerprint density at radius 1 is 0.893 bits per heavy atom. The molecule has 1 aromatic heterocycles. The lowest BCUT2D eigenvalue weighted by Gasteiger charge is -2.18. The fraction of sp³-hybridized carbons (Fsp3) is 0.0870. The second-order valence-electron chi connectivity index (χ2n) is 7.09. The number of benzene rings is 3. The molecule has 4 aromatic rings. The highest BCUT2D eigenvalue weighted by molar-refractivity contribution is 7.89. The summed E-state index contributed by atoms with van der Waals surface area (Å²) in [5, 5.41) is 9.45. The van der Waals surface area contributed by atoms with Gasteiger partial charge in [0.15, 0.2) is 0 Å². The first kappa shape index (κ1) is 17.1. The van der Waals surface area contributed by atoms with Crippen molar-refractivity contribution in [3.05, 3.63) is 95.8 Å². The van der Waals surface area contributed by atoms with Crippen LogP contribution in [0.3, 0.4) is 0 Å². The predicted molar refractivity (Wildman–Crippen MR) is 113 cm³/mol. The lowest BCUT2D eigenvalue weighted by atomic mass is 9.93. The zero-order chi connectivity index (χ0) is 19.3. The Morgan fingerprint density at radius 3 is 2.50 bits per heavy atom. The van der Waals surface area contributed by atoms with Gasteiger partial charge in [0.05, 0.1) is 0 Å². The molecule has 28 heavy (non-hydrogen) atoms. The highest BCUT2D eigenvalue weighted by Crippen LogP contribution is 2.43. The van der Waals surface area contributed by atoms with Crippen LogP contribution in [0.25, 0.3) is 27.1 Å². The standard InChI is InChI=1S/C23H18N2O2S/c24-28(26,27)23(16-5-3-13-25-14-16)22-12-11-20-19-8-7-15-4-1-2-6-17(15)18(19)9-10-21(20)22/h1-10,12-14,23H,11H2,(H2,24,26,27). The van der Waals surface area contributed by atoms with Gasteiger partial charge in [-0.15, -0.1) is 0 Å². The number of aromatic nitrogens is 1. The highest BCUT2D eigenvalue weighted by Gasteiger charge is 2.32.